The van der Waals surface area contributed by atoms with Crippen molar-refractivity contribution in [2.75, 3.05) is 11.9 Å². The third-order valence-electron chi connectivity index (χ3n) is 4.29. The number of benzene rings is 2. The van der Waals surface area contributed by atoms with E-state index in [2.05, 4.69) is 11.4 Å². The first-order chi connectivity index (χ1) is 11.5. The molecule has 0 saturated carbocycles. The number of amides is 2. The lowest BCUT2D eigenvalue weighted by Crippen LogP contribution is -2.28. The van der Waals surface area contributed by atoms with E-state index in [9.17, 15) is 9.59 Å². The van der Waals surface area contributed by atoms with E-state index in [1.807, 2.05) is 56.3 Å². The lowest BCUT2D eigenvalue weighted by atomic mass is 10.1. The number of likely N-dealkylation sites (tertiary alicyclic amines) is 1. The maximum Gasteiger partial charge on any atom is 0.229 e. The molecule has 0 spiro atoms. The Bertz CT molecular complexity index is 735. The summed E-state index contributed by atoms with van der Waals surface area (Å²) in [4.78, 5) is 26.5. The number of nitrogens with one attached hydrogen (secondary N) is 1. The molecule has 0 aromatic heterocycles. The van der Waals surface area contributed by atoms with Gasteiger partial charge in [0.15, 0.2) is 0 Å². The van der Waals surface area contributed by atoms with Crippen LogP contribution < -0.4 is 5.32 Å². The second-order valence-corrected chi connectivity index (χ2v) is 6.53. The van der Waals surface area contributed by atoms with Gasteiger partial charge in [-0.25, -0.2) is 0 Å². The Labute approximate surface area is 142 Å². The summed E-state index contributed by atoms with van der Waals surface area (Å²) >= 11 is 0. The Kier molecular flexibility index (Phi) is 4.65. The SMILES string of the molecule is Cc1cc(C)cc(NC(=O)C2CC(=O)N(Cc3ccccc3)C2)c1. The fourth-order valence-electron chi connectivity index (χ4n) is 3.20. The van der Waals surface area contributed by atoms with E-state index in [0.717, 1.165) is 22.4 Å². The van der Waals surface area contributed by atoms with E-state index in [1.165, 1.54) is 0 Å². The minimum atomic E-state index is -0.290. The molecular formula is C20H22N2O2. The molecule has 2 amide bonds. The first-order valence-electron chi connectivity index (χ1n) is 8.22. The third-order valence-corrected chi connectivity index (χ3v) is 4.29. The summed E-state index contributed by atoms with van der Waals surface area (Å²) in [5.74, 6) is -0.328. The van der Waals surface area contributed by atoms with E-state index in [0.29, 0.717) is 13.1 Å². The molecule has 1 fully saturated rings. The van der Waals surface area contributed by atoms with Crippen molar-refractivity contribution in [2.24, 2.45) is 5.92 Å². The van der Waals surface area contributed by atoms with Gasteiger partial charge in [-0.15, -0.1) is 0 Å². The number of anilines is 1. The predicted octanol–water partition coefficient (Wildman–Crippen LogP) is 3.29. The van der Waals surface area contributed by atoms with E-state index in [1.54, 1.807) is 4.90 Å². The molecule has 1 aliphatic rings. The summed E-state index contributed by atoms with van der Waals surface area (Å²) in [6.45, 7) is 5.05. The Balaban J connectivity index is 1.63. The minimum Gasteiger partial charge on any atom is -0.338 e. The highest BCUT2D eigenvalue weighted by molar-refractivity contribution is 5.97. The normalized spacial score (nSPS) is 17.2. The van der Waals surface area contributed by atoms with Crippen molar-refractivity contribution in [1.29, 1.82) is 0 Å². The van der Waals surface area contributed by atoms with Crippen molar-refractivity contribution in [2.45, 2.75) is 26.8 Å². The molecule has 1 atom stereocenters. The van der Waals surface area contributed by atoms with Crippen molar-refractivity contribution in [3.05, 3.63) is 65.2 Å². The average Bonchev–Trinajstić information content (AvgIpc) is 2.88. The second kappa shape index (κ2) is 6.87. The van der Waals surface area contributed by atoms with Gasteiger partial charge < -0.3 is 10.2 Å². The molecule has 1 heterocycles. The van der Waals surface area contributed by atoms with Crippen molar-refractivity contribution in [3.8, 4) is 0 Å². The van der Waals surface area contributed by atoms with Gasteiger partial charge in [0.05, 0.1) is 5.92 Å². The van der Waals surface area contributed by atoms with Crippen LogP contribution in [0.3, 0.4) is 0 Å². The molecule has 1 unspecified atom stereocenters. The van der Waals surface area contributed by atoms with E-state index >= 15 is 0 Å². The highest BCUT2D eigenvalue weighted by Crippen LogP contribution is 2.22. The standard InChI is InChI=1S/C20H22N2O2/c1-14-8-15(2)10-18(9-14)21-20(24)17-11-19(23)22(13-17)12-16-6-4-3-5-7-16/h3-10,17H,11-13H2,1-2H3,(H,21,24). The quantitative estimate of drug-likeness (QED) is 0.939. The van der Waals surface area contributed by atoms with Crippen LogP contribution in [0.25, 0.3) is 0 Å². The van der Waals surface area contributed by atoms with Crippen LogP contribution in [-0.2, 0) is 16.1 Å². The van der Waals surface area contributed by atoms with Crippen molar-refractivity contribution in [3.63, 3.8) is 0 Å². The molecule has 4 nitrogen and oxygen atoms in total. The zero-order valence-electron chi connectivity index (χ0n) is 14.1. The minimum absolute atomic E-state index is 0.0411. The Hall–Kier alpha value is -2.62. The van der Waals surface area contributed by atoms with Gasteiger partial charge in [-0.1, -0.05) is 36.4 Å². The number of rotatable bonds is 4. The van der Waals surface area contributed by atoms with Crippen LogP contribution in [0, 0.1) is 19.8 Å². The molecule has 2 aromatic rings. The first kappa shape index (κ1) is 16.2. The van der Waals surface area contributed by atoms with Crippen molar-refractivity contribution < 1.29 is 9.59 Å². The smallest absolute Gasteiger partial charge is 0.229 e. The number of carbonyl (C=O) groups excluding carboxylic acids is 2. The predicted molar refractivity (Wildman–Crippen MR) is 94.5 cm³/mol. The lowest BCUT2D eigenvalue weighted by Gasteiger charge is -2.17. The molecule has 24 heavy (non-hydrogen) atoms. The van der Waals surface area contributed by atoms with Gasteiger partial charge >= 0.3 is 0 Å². The maximum absolute atomic E-state index is 12.5. The highest BCUT2D eigenvalue weighted by Gasteiger charge is 2.34. The summed E-state index contributed by atoms with van der Waals surface area (Å²) in [7, 11) is 0. The van der Waals surface area contributed by atoms with E-state index in [-0.39, 0.29) is 24.2 Å². The lowest BCUT2D eigenvalue weighted by molar-refractivity contribution is -0.128. The topological polar surface area (TPSA) is 49.4 Å². The highest BCUT2D eigenvalue weighted by atomic mass is 16.2. The molecule has 0 bridgehead atoms. The molecule has 3 rings (SSSR count). The van der Waals surface area contributed by atoms with Crippen LogP contribution in [0.15, 0.2) is 48.5 Å². The van der Waals surface area contributed by atoms with Gasteiger partial charge in [-0.05, 0) is 42.7 Å². The van der Waals surface area contributed by atoms with Gasteiger partial charge in [0.2, 0.25) is 11.8 Å². The van der Waals surface area contributed by atoms with Gasteiger partial charge in [0, 0.05) is 25.2 Å². The van der Waals surface area contributed by atoms with Crippen LogP contribution >= 0.6 is 0 Å². The molecule has 1 aliphatic heterocycles. The number of nitrogens with zero attached hydrogens (tertiary/aromatic N) is 1. The maximum atomic E-state index is 12.5. The molecule has 1 N–H and O–H groups in total. The molecule has 124 valence electrons. The number of carbonyl (C=O) groups is 2. The van der Waals surface area contributed by atoms with Gasteiger partial charge in [-0.2, -0.15) is 0 Å². The van der Waals surface area contributed by atoms with Gasteiger partial charge in [0.1, 0.15) is 0 Å². The van der Waals surface area contributed by atoms with E-state index in [4.69, 9.17) is 0 Å². The van der Waals surface area contributed by atoms with Crippen LogP contribution in [0.4, 0.5) is 5.69 Å². The van der Waals surface area contributed by atoms with Crippen LogP contribution in [0.2, 0.25) is 0 Å². The van der Waals surface area contributed by atoms with Crippen LogP contribution in [0.1, 0.15) is 23.1 Å². The Morgan fingerprint density at radius 2 is 1.79 bits per heavy atom. The summed E-state index contributed by atoms with van der Waals surface area (Å²) in [6.07, 6.45) is 0.281. The Morgan fingerprint density at radius 3 is 2.46 bits per heavy atom. The first-order valence-corrected chi connectivity index (χ1v) is 8.22. The Morgan fingerprint density at radius 1 is 1.12 bits per heavy atom. The second-order valence-electron chi connectivity index (χ2n) is 6.53. The van der Waals surface area contributed by atoms with Crippen molar-refractivity contribution >= 4 is 17.5 Å². The van der Waals surface area contributed by atoms with Crippen LogP contribution in [0.5, 0.6) is 0 Å². The number of hydrogen-bond acceptors (Lipinski definition) is 2. The largest absolute Gasteiger partial charge is 0.338 e. The van der Waals surface area contributed by atoms with Gasteiger partial charge in [0.25, 0.3) is 0 Å². The number of aryl methyl sites for hydroxylation is 2. The summed E-state index contributed by atoms with van der Waals surface area (Å²) in [5, 5.41) is 2.95. The fraction of sp³-hybridized carbons (Fsp3) is 0.300. The molecule has 4 heteroatoms. The molecule has 2 aromatic carbocycles. The monoisotopic (exact) mass is 322 g/mol. The number of hydrogen-bond donors (Lipinski definition) is 1. The van der Waals surface area contributed by atoms with Gasteiger partial charge in [-0.3, -0.25) is 9.59 Å². The van der Waals surface area contributed by atoms with Crippen molar-refractivity contribution in [1.82, 2.24) is 4.90 Å². The summed E-state index contributed by atoms with van der Waals surface area (Å²) in [6, 6.07) is 15.8. The van der Waals surface area contributed by atoms with Crippen LogP contribution in [-0.4, -0.2) is 23.3 Å². The summed E-state index contributed by atoms with van der Waals surface area (Å²) < 4.78 is 0. The average molecular weight is 322 g/mol. The fourth-order valence-corrected chi connectivity index (χ4v) is 3.20. The third kappa shape index (κ3) is 3.82. The molecule has 0 radical (unpaired) electrons. The zero-order valence-corrected chi connectivity index (χ0v) is 14.1. The molecular weight excluding hydrogens is 300 g/mol. The molecule has 0 aliphatic carbocycles. The summed E-state index contributed by atoms with van der Waals surface area (Å²) in [5.41, 5.74) is 4.10. The van der Waals surface area contributed by atoms with E-state index < -0.39 is 0 Å². The zero-order chi connectivity index (χ0) is 17.1. The molecule has 1 saturated heterocycles.